The maximum Gasteiger partial charge on any atom is 0.226 e. The molecule has 1 aromatic carbocycles. The number of aryl methyl sites for hydroxylation is 1. The lowest BCUT2D eigenvalue weighted by molar-refractivity contribution is -0.116. The van der Waals surface area contributed by atoms with Crippen molar-refractivity contribution in [3.8, 4) is 0 Å². The fourth-order valence-corrected chi connectivity index (χ4v) is 2.56. The lowest BCUT2D eigenvalue weighted by atomic mass is 10.00. The van der Waals surface area contributed by atoms with Crippen LogP contribution in [0.2, 0.25) is 0 Å². The Bertz CT molecular complexity index is 647. The molecule has 0 saturated carbocycles. The van der Waals surface area contributed by atoms with E-state index in [0.717, 1.165) is 6.42 Å². The third kappa shape index (κ3) is 5.81. The van der Waals surface area contributed by atoms with E-state index in [9.17, 15) is 4.79 Å². The predicted molar refractivity (Wildman–Crippen MR) is 95.9 cm³/mol. The highest BCUT2D eigenvalue weighted by molar-refractivity contribution is 5.89. The Kier molecular flexibility index (Phi) is 6.55. The van der Waals surface area contributed by atoms with Gasteiger partial charge in [-0.3, -0.25) is 4.79 Å². The van der Waals surface area contributed by atoms with Crippen LogP contribution in [0.5, 0.6) is 0 Å². The Morgan fingerprint density at radius 3 is 2.50 bits per heavy atom. The zero-order valence-corrected chi connectivity index (χ0v) is 14.9. The highest BCUT2D eigenvalue weighted by Gasteiger charge is 2.09. The quantitative estimate of drug-likeness (QED) is 0.772. The molecule has 0 radical (unpaired) electrons. The van der Waals surface area contributed by atoms with Crippen molar-refractivity contribution in [1.29, 1.82) is 0 Å². The third-order valence-corrected chi connectivity index (χ3v) is 3.82. The Labute approximate surface area is 143 Å². The van der Waals surface area contributed by atoms with Gasteiger partial charge in [-0.15, -0.1) is 0 Å². The van der Waals surface area contributed by atoms with Gasteiger partial charge in [-0.1, -0.05) is 43.3 Å². The van der Waals surface area contributed by atoms with Crippen molar-refractivity contribution in [2.24, 2.45) is 5.92 Å². The molecule has 5 nitrogen and oxygen atoms in total. The molecule has 1 amide bonds. The van der Waals surface area contributed by atoms with E-state index in [1.165, 1.54) is 11.1 Å². The van der Waals surface area contributed by atoms with Gasteiger partial charge >= 0.3 is 0 Å². The van der Waals surface area contributed by atoms with Gasteiger partial charge in [-0.05, 0) is 37.3 Å². The summed E-state index contributed by atoms with van der Waals surface area (Å²) in [6.45, 7) is 8.96. The van der Waals surface area contributed by atoms with Crippen LogP contribution >= 0.6 is 0 Å². The van der Waals surface area contributed by atoms with Crippen LogP contribution in [0.15, 0.2) is 34.9 Å². The molecular formula is C19H27N3O2. The van der Waals surface area contributed by atoms with Crippen molar-refractivity contribution < 1.29 is 9.32 Å². The standard InChI is InChI=1S/C19H27N3O2/c1-13(2)11-16-5-7-17(8-6-16)15(4)20-10-9-19(23)21-18-12-14(3)24-22-18/h5-8,12-13,15,20H,9-11H2,1-4H3,(H,21,22,23)/t15-/m0/s1. The molecule has 24 heavy (non-hydrogen) atoms. The topological polar surface area (TPSA) is 67.2 Å². The molecule has 130 valence electrons. The summed E-state index contributed by atoms with van der Waals surface area (Å²) in [4.78, 5) is 11.9. The smallest absolute Gasteiger partial charge is 0.226 e. The number of anilines is 1. The molecule has 2 aromatic rings. The van der Waals surface area contributed by atoms with E-state index in [-0.39, 0.29) is 11.9 Å². The number of aromatic nitrogens is 1. The summed E-state index contributed by atoms with van der Waals surface area (Å²) in [5, 5.41) is 9.84. The van der Waals surface area contributed by atoms with Gasteiger partial charge in [-0.25, -0.2) is 0 Å². The average Bonchev–Trinajstić information content (AvgIpc) is 2.92. The summed E-state index contributed by atoms with van der Waals surface area (Å²) in [5.74, 6) is 1.73. The number of hydrogen-bond donors (Lipinski definition) is 2. The van der Waals surface area contributed by atoms with Gasteiger partial charge in [0.05, 0.1) is 0 Å². The van der Waals surface area contributed by atoms with Gasteiger partial charge in [-0.2, -0.15) is 0 Å². The van der Waals surface area contributed by atoms with E-state index in [1.807, 2.05) is 0 Å². The van der Waals surface area contributed by atoms with Gasteiger partial charge in [0.25, 0.3) is 0 Å². The zero-order chi connectivity index (χ0) is 17.5. The van der Waals surface area contributed by atoms with Gasteiger partial charge < -0.3 is 15.2 Å². The number of rotatable bonds is 8. The first-order chi connectivity index (χ1) is 11.4. The van der Waals surface area contributed by atoms with Crippen LogP contribution in [0.25, 0.3) is 0 Å². The molecule has 2 N–H and O–H groups in total. The van der Waals surface area contributed by atoms with Crippen molar-refractivity contribution in [1.82, 2.24) is 10.5 Å². The summed E-state index contributed by atoms with van der Waals surface area (Å²) in [6.07, 6.45) is 1.49. The normalized spacial score (nSPS) is 12.4. The number of benzene rings is 1. The Hall–Kier alpha value is -2.14. The fourth-order valence-electron chi connectivity index (χ4n) is 2.56. The van der Waals surface area contributed by atoms with Gasteiger partial charge in [0.15, 0.2) is 5.82 Å². The molecule has 0 aliphatic rings. The Morgan fingerprint density at radius 1 is 1.21 bits per heavy atom. The second kappa shape index (κ2) is 8.64. The van der Waals surface area contributed by atoms with Crippen LogP contribution in [0.3, 0.4) is 0 Å². The number of carbonyl (C=O) groups excluding carboxylic acids is 1. The van der Waals surface area contributed by atoms with Crippen LogP contribution in [0.1, 0.15) is 50.1 Å². The molecule has 0 bridgehead atoms. The van der Waals surface area contributed by atoms with E-state index in [0.29, 0.717) is 30.5 Å². The first kappa shape index (κ1) is 18.2. The van der Waals surface area contributed by atoms with E-state index < -0.39 is 0 Å². The van der Waals surface area contributed by atoms with E-state index in [4.69, 9.17) is 4.52 Å². The van der Waals surface area contributed by atoms with E-state index >= 15 is 0 Å². The predicted octanol–water partition coefficient (Wildman–Crippen LogP) is 3.86. The average molecular weight is 329 g/mol. The second-order valence-corrected chi connectivity index (χ2v) is 6.64. The number of hydrogen-bond acceptors (Lipinski definition) is 4. The molecule has 1 heterocycles. The van der Waals surface area contributed by atoms with Crippen molar-refractivity contribution >= 4 is 11.7 Å². The van der Waals surface area contributed by atoms with Crippen molar-refractivity contribution in [2.75, 3.05) is 11.9 Å². The second-order valence-electron chi connectivity index (χ2n) is 6.64. The van der Waals surface area contributed by atoms with Gasteiger partial charge in [0.2, 0.25) is 5.91 Å². The maximum absolute atomic E-state index is 11.9. The Balaban J connectivity index is 1.74. The SMILES string of the molecule is Cc1cc(NC(=O)CCN[C@@H](C)c2ccc(CC(C)C)cc2)no1. The summed E-state index contributed by atoms with van der Waals surface area (Å²) in [6, 6.07) is 10.6. The van der Waals surface area contributed by atoms with Crippen molar-refractivity contribution in [3.05, 3.63) is 47.2 Å². The molecule has 2 rings (SSSR count). The number of nitrogens with one attached hydrogen (secondary N) is 2. The lowest BCUT2D eigenvalue weighted by Crippen LogP contribution is -2.24. The summed E-state index contributed by atoms with van der Waals surface area (Å²) < 4.78 is 4.92. The zero-order valence-electron chi connectivity index (χ0n) is 14.9. The minimum Gasteiger partial charge on any atom is -0.360 e. The molecule has 0 fully saturated rings. The molecular weight excluding hydrogens is 302 g/mol. The monoisotopic (exact) mass is 329 g/mol. The van der Waals surface area contributed by atoms with Crippen LogP contribution in [0, 0.1) is 12.8 Å². The third-order valence-electron chi connectivity index (χ3n) is 3.82. The van der Waals surface area contributed by atoms with Crippen LogP contribution in [-0.2, 0) is 11.2 Å². The fraction of sp³-hybridized carbons (Fsp3) is 0.474. The Morgan fingerprint density at radius 2 is 1.92 bits per heavy atom. The molecule has 0 saturated heterocycles. The highest BCUT2D eigenvalue weighted by Crippen LogP contribution is 2.15. The van der Waals surface area contributed by atoms with Crippen molar-refractivity contribution in [2.45, 2.75) is 46.6 Å². The summed E-state index contributed by atoms with van der Waals surface area (Å²) in [5.41, 5.74) is 2.60. The molecule has 0 spiro atoms. The number of amides is 1. The van der Waals surface area contributed by atoms with Crippen LogP contribution in [-0.4, -0.2) is 17.6 Å². The first-order valence-corrected chi connectivity index (χ1v) is 8.49. The van der Waals surface area contributed by atoms with E-state index in [1.54, 1.807) is 13.0 Å². The van der Waals surface area contributed by atoms with Gasteiger partial charge in [0.1, 0.15) is 5.76 Å². The summed E-state index contributed by atoms with van der Waals surface area (Å²) in [7, 11) is 0. The summed E-state index contributed by atoms with van der Waals surface area (Å²) >= 11 is 0. The molecule has 0 aliphatic heterocycles. The largest absolute Gasteiger partial charge is 0.360 e. The minimum absolute atomic E-state index is 0.0738. The molecule has 0 unspecified atom stereocenters. The lowest BCUT2D eigenvalue weighted by Gasteiger charge is -2.15. The van der Waals surface area contributed by atoms with Crippen LogP contribution in [0.4, 0.5) is 5.82 Å². The van der Waals surface area contributed by atoms with Crippen molar-refractivity contribution in [3.63, 3.8) is 0 Å². The molecule has 1 atom stereocenters. The van der Waals surface area contributed by atoms with Gasteiger partial charge in [0, 0.05) is 25.1 Å². The first-order valence-electron chi connectivity index (χ1n) is 8.49. The van der Waals surface area contributed by atoms with E-state index in [2.05, 4.69) is 60.8 Å². The molecule has 5 heteroatoms. The number of nitrogens with zero attached hydrogens (tertiary/aromatic N) is 1. The molecule has 0 aliphatic carbocycles. The molecule has 1 aromatic heterocycles. The maximum atomic E-state index is 11.9. The number of carbonyl (C=O) groups is 1. The highest BCUT2D eigenvalue weighted by atomic mass is 16.5. The van der Waals surface area contributed by atoms with Crippen LogP contribution < -0.4 is 10.6 Å². The minimum atomic E-state index is -0.0738.